The van der Waals surface area contributed by atoms with Gasteiger partial charge in [0.25, 0.3) is 0 Å². The number of benzene rings is 1. The number of carbonyl (C=O) groups excluding carboxylic acids is 1. The number of nitrogens with one attached hydrogen (secondary N) is 1. The van der Waals surface area contributed by atoms with Crippen LogP contribution < -0.4 is 5.32 Å². The van der Waals surface area contributed by atoms with Crippen LogP contribution in [-0.2, 0) is 4.79 Å². The molecule has 2 rings (SSSR count). The smallest absolute Gasteiger partial charge is 0.228 e. The maximum absolute atomic E-state index is 12.0. The van der Waals surface area contributed by atoms with Crippen molar-refractivity contribution in [2.45, 2.75) is 20.3 Å². The highest BCUT2D eigenvalue weighted by molar-refractivity contribution is 7.99. The largest absolute Gasteiger partial charge is 0.324 e. The first-order valence-electron chi connectivity index (χ1n) is 5.73. The maximum Gasteiger partial charge on any atom is 0.228 e. The van der Waals surface area contributed by atoms with Gasteiger partial charge < -0.3 is 5.32 Å². The zero-order valence-electron chi connectivity index (χ0n) is 10.0. The van der Waals surface area contributed by atoms with Crippen LogP contribution in [0.5, 0.6) is 0 Å². The molecular formula is C13H16ClNOS. The minimum absolute atomic E-state index is 0.101. The molecule has 1 N–H and O–H groups in total. The summed E-state index contributed by atoms with van der Waals surface area (Å²) < 4.78 is 0. The number of halogens is 1. The number of aryl methyl sites for hydroxylation is 2. The normalized spacial score (nSPS) is 19.4. The third kappa shape index (κ3) is 2.96. The summed E-state index contributed by atoms with van der Waals surface area (Å²) in [5.74, 6) is 2.24. The molecule has 0 bridgehead atoms. The van der Waals surface area contributed by atoms with E-state index >= 15 is 0 Å². The number of rotatable bonds is 2. The van der Waals surface area contributed by atoms with E-state index in [0.717, 1.165) is 34.7 Å². The van der Waals surface area contributed by atoms with Gasteiger partial charge in [0.15, 0.2) is 0 Å². The number of hydrogen-bond acceptors (Lipinski definition) is 2. The Morgan fingerprint density at radius 1 is 1.47 bits per heavy atom. The van der Waals surface area contributed by atoms with Gasteiger partial charge in [0.05, 0.1) is 10.7 Å². The van der Waals surface area contributed by atoms with Crippen LogP contribution in [0.25, 0.3) is 0 Å². The fourth-order valence-corrected chi connectivity index (χ4v) is 3.63. The molecule has 17 heavy (non-hydrogen) atoms. The van der Waals surface area contributed by atoms with Gasteiger partial charge in [0.2, 0.25) is 5.91 Å². The molecule has 0 aliphatic carbocycles. The van der Waals surface area contributed by atoms with E-state index in [2.05, 4.69) is 5.32 Å². The van der Waals surface area contributed by atoms with Crippen molar-refractivity contribution in [3.05, 3.63) is 28.3 Å². The molecule has 1 aromatic rings. The lowest BCUT2D eigenvalue weighted by Gasteiger charge is -2.14. The summed E-state index contributed by atoms with van der Waals surface area (Å²) in [5, 5.41) is 3.59. The molecule has 1 aromatic carbocycles. The summed E-state index contributed by atoms with van der Waals surface area (Å²) >= 11 is 8.00. The molecule has 1 fully saturated rings. The Bertz CT molecular complexity index is 418. The van der Waals surface area contributed by atoms with Crippen molar-refractivity contribution in [1.82, 2.24) is 0 Å². The van der Waals surface area contributed by atoms with Crippen molar-refractivity contribution in [3.8, 4) is 0 Å². The van der Waals surface area contributed by atoms with Gasteiger partial charge in [0.1, 0.15) is 0 Å². The van der Waals surface area contributed by atoms with E-state index in [1.54, 1.807) is 0 Å². The first kappa shape index (κ1) is 12.8. The van der Waals surface area contributed by atoms with Crippen molar-refractivity contribution in [2.24, 2.45) is 5.92 Å². The predicted octanol–water partition coefficient (Wildman–Crippen LogP) is 3.65. The van der Waals surface area contributed by atoms with Crippen LogP contribution >= 0.6 is 23.4 Å². The monoisotopic (exact) mass is 269 g/mol. The topological polar surface area (TPSA) is 29.1 Å². The standard InChI is InChI=1S/C13H16ClNOS/c1-8-5-9(2)12(11(14)6-8)15-13(16)10-3-4-17-7-10/h5-6,10H,3-4,7H2,1-2H3,(H,15,16). The third-order valence-corrected chi connectivity index (χ3v) is 4.44. The van der Waals surface area contributed by atoms with E-state index in [-0.39, 0.29) is 11.8 Å². The Morgan fingerprint density at radius 3 is 2.82 bits per heavy atom. The van der Waals surface area contributed by atoms with Gasteiger partial charge >= 0.3 is 0 Å². The SMILES string of the molecule is Cc1cc(C)c(NC(=O)C2CCSC2)c(Cl)c1. The first-order chi connectivity index (χ1) is 8.08. The second-order valence-electron chi connectivity index (χ2n) is 4.49. The second-order valence-corrected chi connectivity index (χ2v) is 6.05. The molecule has 4 heteroatoms. The van der Waals surface area contributed by atoms with Gasteiger partial charge in [-0.3, -0.25) is 4.79 Å². The molecule has 1 aliphatic heterocycles. The van der Waals surface area contributed by atoms with Gasteiger partial charge in [-0.1, -0.05) is 17.7 Å². The molecule has 0 aromatic heterocycles. The highest BCUT2D eigenvalue weighted by Crippen LogP contribution is 2.30. The Balaban J connectivity index is 2.15. The highest BCUT2D eigenvalue weighted by Gasteiger charge is 2.24. The van der Waals surface area contributed by atoms with Gasteiger partial charge in [-0.25, -0.2) is 0 Å². The molecular weight excluding hydrogens is 254 g/mol. The van der Waals surface area contributed by atoms with Gasteiger partial charge in [0, 0.05) is 11.7 Å². The van der Waals surface area contributed by atoms with Gasteiger partial charge in [-0.15, -0.1) is 0 Å². The zero-order chi connectivity index (χ0) is 12.4. The molecule has 92 valence electrons. The van der Waals surface area contributed by atoms with Crippen LogP contribution in [0.3, 0.4) is 0 Å². The molecule has 1 unspecified atom stereocenters. The summed E-state index contributed by atoms with van der Waals surface area (Å²) in [6, 6.07) is 3.92. The van der Waals surface area contributed by atoms with Crippen molar-refractivity contribution < 1.29 is 4.79 Å². The lowest BCUT2D eigenvalue weighted by molar-refractivity contribution is -0.119. The fraction of sp³-hybridized carbons (Fsp3) is 0.462. The van der Waals surface area contributed by atoms with Crippen LogP contribution in [0.15, 0.2) is 12.1 Å². The van der Waals surface area contributed by atoms with Gasteiger partial charge in [-0.05, 0) is 43.2 Å². The van der Waals surface area contributed by atoms with Crippen LogP contribution in [0.4, 0.5) is 5.69 Å². The van der Waals surface area contributed by atoms with Crippen LogP contribution in [0.1, 0.15) is 17.5 Å². The van der Waals surface area contributed by atoms with E-state index in [4.69, 9.17) is 11.6 Å². The molecule has 1 atom stereocenters. The van der Waals surface area contributed by atoms with Gasteiger partial charge in [-0.2, -0.15) is 11.8 Å². The second kappa shape index (κ2) is 5.32. The maximum atomic E-state index is 12.0. The van der Waals surface area contributed by atoms with Crippen LogP contribution in [0.2, 0.25) is 5.02 Å². The molecule has 0 radical (unpaired) electrons. The quantitative estimate of drug-likeness (QED) is 0.888. The Labute approximate surface area is 111 Å². The minimum Gasteiger partial charge on any atom is -0.324 e. The summed E-state index contributed by atoms with van der Waals surface area (Å²) in [6.07, 6.45) is 0.971. The molecule has 1 aliphatic rings. The van der Waals surface area contributed by atoms with Crippen molar-refractivity contribution in [2.75, 3.05) is 16.8 Å². The molecule has 1 saturated heterocycles. The van der Waals surface area contributed by atoms with Crippen molar-refractivity contribution >= 4 is 35.0 Å². The summed E-state index contributed by atoms with van der Waals surface area (Å²) in [5.41, 5.74) is 2.90. The molecule has 1 amide bonds. The van der Waals surface area contributed by atoms with Crippen LogP contribution in [0, 0.1) is 19.8 Å². The molecule has 2 nitrogen and oxygen atoms in total. The van der Waals surface area contributed by atoms with E-state index in [9.17, 15) is 4.79 Å². The molecule has 1 heterocycles. The number of carbonyl (C=O) groups is 1. The fourth-order valence-electron chi connectivity index (χ4n) is 2.04. The number of amides is 1. The number of thioether (sulfide) groups is 1. The van der Waals surface area contributed by atoms with E-state index in [1.165, 1.54) is 0 Å². The van der Waals surface area contributed by atoms with Crippen LogP contribution in [-0.4, -0.2) is 17.4 Å². The first-order valence-corrected chi connectivity index (χ1v) is 7.26. The summed E-state index contributed by atoms with van der Waals surface area (Å²) in [6.45, 7) is 3.97. The Kier molecular flexibility index (Phi) is 4.00. The number of anilines is 1. The van der Waals surface area contributed by atoms with E-state index in [1.807, 2.05) is 37.7 Å². The Morgan fingerprint density at radius 2 is 2.24 bits per heavy atom. The molecule has 0 saturated carbocycles. The van der Waals surface area contributed by atoms with E-state index < -0.39 is 0 Å². The zero-order valence-corrected chi connectivity index (χ0v) is 11.6. The minimum atomic E-state index is 0.101. The third-order valence-electron chi connectivity index (χ3n) is 2.98. The lowest BCUT2D eigenvalue weighted by atomic mass is 10.1. The molecule has 0 spiro atoms. The van der Waals surface area contributed by atoms with Crippen molar-refractivity contribution in [3.63, 3.8) is 0 Å². The Hall–Kier alpha value is -0.670. The average Bonchev–Trinajstić information content (AvgIpc) is 2.76. The average molecular weight is 270 g/mol. The lowest BCUT2D eigenvalue weighted by Crippen LogP contribution is -2.23. The van der Waals surface area contributed by atoms with E-state index in [0.29, 0.717) is 5.02 Å². The summed E-state index contributed by atoms with van der Waals surface area (Å²) in [4.78, 5) is 12.0. The summed E-state index contributed by atoms with van der Waals surface area (Å²) in [7, 11) is 0. The highest BCUT2D eigenvalue weighted by atomic mass is 35.5. The van der Waals surface area contributed by atoms with Crippen molar-refractivity contribution in [1.29, 1.82) is 0 Å². The predicted molar refractivity (Wildman–Crippen MR) is 75.0 cm³/mol. The number of hydrogen-bond donors (Lipinski definition) is 1.